The standard InChI is InChI=1S/C16H13ClN2O3S/c1-18-15(20)12-13(11-3-2-8-23-11)19(22-14(12)16(18)21)10-6-4-9(17)5-7-10/h2-8,12-14H,1H3/t12-,13+,14+/m1/s1. The number of benzene rings is 1. The van der Waals surface area contributed by atoms with Crippen molar-refractivity contribution < 1.29 is 14.4 Å². The average Bonchev–Trinajstić information content (AvgIpc) is 3.24. The number of likely N-dealkylation sites (N-methyl/N-ethyl adjacent to an activating group) is 1. The minimum Gasteiger partial charge on any atom is -0.283 e. The lowest BCUT2D eigenvalue weighted by Gasteiger charge is -2.27. The van der Waals surface area contributed by atoms with Gasteiger partial charge in [0.15, 0.2) is 6.10 Å². The summed E-state index contributed by atoms with van der Waals surface area (Å²) in [6.45, 7) is 0. The van der Waals surface area contributed by atoms with Crippen LogP contribution >= 0.6 is 22.9 Å². The molecule has 7 heteroatoms. The fraction of sp³-hybridized carbons (Fsp3) is 0.250. The van der Waals surface area contributed by atoms with Crippen LogP contribution in [0.25, 0.3) is 0 Å². The van der Waals surface area contributed by atoms with Crippen molar-refractivity contribution in [1.29, 1.82) is 0 Å². The molecule has 2 aliphatic rings. The Hall–Kier alpha value is -1.89. The number of rotatable bonds is 2. The lowest BCUT2D eigenvalue weighted by atomic mass is 9.95. The average molecular weight is 349 g/mol. The smallest absolute Gasteiger partial charge is 0.261 e. The maximum absolute atomic E-state index is 12.5. The van der Waals surface area contributed by atoms with E-state index < -0.39 is 12.0 Å². The van der Waals surface area contributed by atoms with Gasteiger partial charge in [-0.25, -0.2) is 5.06 Å². The van der Waals surface area contributed by atoms with E-state index in [0.29, 0.717) is 5.02 Å². The van der Waals surface area contributed by atoms with E-state index in [-0.39, 0.29) is 17.9 Å². The highest BCUT2D eigenvalue weighted by molar-refractivity contribution is 7.10. The Morgan fingerprint density at radius 1 is 1.13 bits per heavy atom. The molecule has 1 aromatic heterocycles. The number of imide groups is 1. The van der Waals surface area contributed by atoms with Crippen molar-refractivity contribution in [1.82, 2.24) is 4.90 Å². The molecule has 2 amide bonds. The van der Waals surface area contributed by atoms with Crippen LogP contribution in [0.3, 0.4) is 0 Å². The second-order valence-corrected chi connectivity index (χ2v) is 6.97. The molecule has 118 valence electrons. The molecule has 3 atom stereocenters. The van der Waals surface area contributed by atoms with Crippen molar-refractivity contribution in [3.05, 3.63) is 51.7 Å². The van der Waals surface area contributed by atoms with Crippen LogP contribution in [-0.4, -0.2) is 29.9 Å². The SMILES string of the molecule is CN1C(=O)[C@H]2[C@H](ON(c3ccc(Cl)cc3)[C@H]2c2cccs2)C1=O. The maximum Gasteiger partial charge on any atom is 0.261 e. The molecule has 0 radical (unpaired) electrons. The quantitative estimate of drug-likeness (QED) is 0.783. The Morgan fingerprint density at radius 2 is 1.87 bits per heavy atom. The maximum atomic E-state index is 12.5. The second kappa shape index (κ2) is 5.33. The van der Waals surface area contributed by atoms with Crippen LogP contribution in [0.4, 0.5) is 5.69 Å². The Morgan fingerprint density at radius 3 is 2.52 bits per heavy atom. The fourth-order valence-corrected chi connectivity index (χ4v) is 4.09. The predicted molar refractivity (Wildman–Crippen MR) is 87.1 cm³/mol. The lowest BCUT2D eigenvalue weighted by Crippen LogP contribution is -2.34. The Bertz CT molecular complexity index is 762. The number of thiophene rings is 1. The Kier molecular flexibility index (Phi) is 3.41. The molecule has 2 aliphatic heterocycles. The molecule has 0 aliphatic carbocycles. The van der Waals surface area contributed by atoms with E-state index in [0.717, 1.165) is 15.5 Å². The van der Waals surface area contributed by atoms with Gasteiger partial charge in [-0.3, -0.25) is 19.3 Å². The molecule has 2 saturated heterocycles. The van der Waals surface area contributed by atoms with Crippen LogP contribution in [0, 0.1) is 5.92 Å². The fourth-order valence-electron chi connectivity index (χ4n) is 3.11. The van der Waals surface area contributed by atoms with Crippen molar-refractivity contribution in [2.75, 3.05) is 12.1 Å². The van der Waals surface area contributed by atoms with Gasteiger partial charge in [0, 0.05) is 16.9 Å². The van der Waals surface area contributed by atoms with Crippen LogP contribution in [-0.2, 0) is 14.4 Å². The summed E-state index contributed by atoms with van der Waals surface area (Å²) in [7, 11) is 1.50. The van der Waals surface area contributed by atoms with Gasteiger partial charge < -0.3 is 0 Å². The van der Waals surface area contributed by atoms with Crippen molar-refractivity contribution >= 4 is 40.4 Å². The van der Waals surface area contributed by atoms with E-state index in [1.807, 2.05) is 29.6 Å². The van der Waals surface area contributed by atoms with E-state index in [2.05, 4.69) is 0 Å². The summed E-state index contributed by atoms with van der Waals surface area (Å²) < 4.78 is 0. The molecule has 0 bridgehead atoms. The summed E-state index contributed by atoms with van der Waals surface area (Å²) in [4.78, 5) is 32.8. The topological polar surface area (TPSA) is 49.9 Å². The van der Waals surface area contributed by atoms with Crippen molar-refractivity contribution in [2.24, 2.45) is 5.92 Å². The highest BCUT2D eigenvalue weighted by Gasteiger charge is 2.59. The molecular weight excluding hydrogens is 336 g/mol. The zero-order valence-corrected chi connectivity index (χ0v) is 13.8. The first kappa shape index (κ1) is 14.7. The third kappa shape index (κ3) is 2.17. The third-order valence-electron chi connectivity index (χ3n) is 4.25. The summed E-state index contributed by atoms with van der Waals surface area (Å²) in [5, 5.41) is 4.24. The first-order chi connectivity index (χ1) is 11.1. The number of nitrogens with zero attached hydrogens (tertiary/aromatic N) is 2. The molecule has 0 unspecified atom stereocenters. The van der Waals surface area contributed by atoms with E-state index in [1.54, 1.807) is 28.5 Å². The Balaban J connectivity index is 1.79. The van der Waals surface area contributed by atoms with Crippen LogP contribution in [0.15, 0.2) is 41.8 Å². The summed E-state index contributed by atoms with van der Waals surface area (Å²) in [6, 6.07) is 10.7. The van der Waals surface area contributed by atoms with Crippen molar-refractivity contribution in [2.45, 2.75) is 12.1 Å². The molecule has 1 aromatic carbocycles. The molecule has 0 spiro atoms. The van der Waals surface area contributed by atoms with Crippen LogP contribution in [0.1, 0.15) is 10.9 Å². The highest BCUT2D eigenvalue weighted by Crippen LogP contribution is 2.47. The van der Waals surface area contributed by atoms with Gasteiger partial charge in [-0.15, -0.1) is 11.3 Å². The minimum atomic E-state index is -0.768. The van der Waals surface area contributed by atoms with Gasteiger partial charge in [0.1, 0.15) is 12.0 Å². The Labute approximate surface area is 142 Å². The van der Waals surface area contributed by atoms with Crippen LogP contribution in [0.2, 0.25) is 5.02 Å². The van der Waals surface area contributed by atoms with Gasteiger partial charge >= 0.3 is 0 Å². The largest absolute Gasteiger partial charge is 0.283 e. The third-order valence-corrected chi connectivity index (χ3v) is 5.45. The molecule has 0 N–H and O–H groups in total. The number of hydrogen-bond acceptors (Lipinski definition) is 5. The number of fused-ring (bicyclic) bond motifs is 1. The summed E-state index contributed by atoms with van der Waals surface area (Å²) in [5.41, 5.74) is 0.769. The van der Waals surface area contributed by atoms with Gasteiger partial charge in [0.25, 0.3) is 5.91 Å². The first-order valence-corrected chi connectivity index (χ1v) is 8.40. The number of halogens is 1. The number of carbonyl (C=O) groups excluding carboxylic acids is 2. The molecule has 2 fully saturated rings. The molecule has 0 saturated carbocycles. The number of anilines is 1. The van der Waals surface area contributed by atoms with E-state index >= 15 is 0 Å². The van der Waals surface area contributed by atoms with E-state index in [1.165, 1.54) is 7.05 Å². The summed E-state index contributed by atoms with van der Waals surface area (Å²) >= 11 is 7.49. The molecule has 3 heterocycles. The molecule has 4 rings (SSSR count). The minimum absolute atomic E-state index is 0.199. The molecule has 23 heavy (non-hydrogen) atoms. The van der Waals surface area contributed by atoms with E-state index in [4.69, 9.17) is 16.4 Å². The number of carbonyl (C=O) groups is 2. The zero-order chi connectivity index (χ0) is 16.1. The first-order valence-electron chi connectivity index (χ1n) is 7.14. The number of hydroxylamine groups is 1. The number of amides is 2. The highest BCUT2D eigenvalue weighted by atomic mass is 35.5. The van der Waals surface area contributed by atoms with Crippen molar-refractivity contribution in [3.8, 4) is 0 Å². The monoisotopic (exact) mass is 348 g/mol. The molecule has 2 aromatic rings. The van der Waals surface area contributed by atoms with Gasteiger partial charge in [-0.1, -0.05) is 17.7 Å². The van der Waals surface area contributed by atoms with Crippen molar-refractivity contribution in [3.63, 3.8) is 0 Å². The van der Waals surface area contributed by atoms with Gasteiger partial charge in [0.05, 0.1) is 5.69 Å². The molecule has 5 nitrogen and oxygen atoms in total. The van der Waals surface area contributed by atoms with Gasteiger partial charge in [-0.05, 0) is 35.7 Å². The van der Waals surface area contributed by atoms with Gasteiger partial charge in [-0.2, -0.15) is 0 Å². The number of hydrogen-bond donors (Lipinski definition) is 0. The summed E-state index contributed by atoms with van der Waals surface area (Å²) in [5.74, 6) is -1.02. The number of likely N-dealkylation sites (tertiary alicyclic amines) is 1. The molecular formula is C16H13ClN2O3S. The van der Waals surface area contributed by atoms with Gasteiger partial charge in [0.2, 0.25) is 5.91 Å². The normalized spacial score (nSPS) is 27.0. The predicted octanol–water partition coefficient (Wildman–Crippen LogP) is 2.88. The summed E-state index contributed by atoms with van der Waals surface area (Å²) in [6.07, 6.45) is -0.768. The lowest BCUT2D eigenvalue weighted by molar-refractivity contribution is -0.141. The van der Waals surface area contributed by atoms with Crippen LogP contribution in [0.5, 0.6) is 0 Å². The van der Waals surface area contributed by atoms with E-state index in [9.17, 15) is 9.59 Å². The zero-order valence-electron chi connectivity index (χ0n) is 12.2. The second-order valence-electron chi connectivity index (χ2n) is 5.55. The van der Waals surface area contributed by atoms with Crippen LogP contribution < -0.4 is 5.06 Å².